The van der Waals surface area contributed by atoms with Crippen LogP contribution < -0.4 is 4.90 Å². The number of halogens is 2. The highest BCUT2D eigenvalue weighted by Crippen LogP contribution is 2.39. The van der Waals surface area contributed by atoms with Gasteiger partial charge < -0.3 is 9.80 Å². The van der Waals surface area contributed by atoms with Crippen molar-refractivity contribution in [1.29, 1.82) is 0 Å². The normalized spacial score (nSPS) is 18.2. The van der Waals surface area contributed by atoms with E-state index in [1.807, 2.05) is 37.1 Å². The van der Waals surface area contributed by atoms with Gasteiger partial charge >= 0.3 is 0 Å². The standard InChI is InChI=1S/C22H21Cl2N3O2/c1-14-5-3-4-6-18(14)27-21(28)19(16-8-7-15(23)13-17(16)24)20(22(27)29)26-11-9-25(2)10-12-26/h3-8,13H,9-12H2,1-2H3. The van der Waals surface area contributed by atoms with Crippen LogP contribution in [0.5, 0.6) is 0 Å². The van der Waals surface area contributed by atoms with E-state index in [4.69, 9.17) is 23.2 Å². The highest BCUT2D eigenvalue weighted by Gasteiger charge is 2.43. The van der Waals surface area contributed by atoms with Crippen molar-refractivity contribution >= 4 is 46.3 Å². The van der Waals surface area contributed by atoms with Gasteiger partial charge in [-0.25, -0.2) is 4.90 Å². The molecule has 0 spiro atoms. The molecule has 2 heterocycles. The van der Waals surface area contributed by atoms with Crippen LogP contribution in [0.3, 0.4) is 0 Å². The van der Waals surface area contributed by atoms with Crippen molar-refractivity contribution in [3.63, 3.8) is 0 Å². The number of benzene rings is 2. The van der Waals surface area contributed by atoms with Crippen molar-refractivity contribution in [2.45, 2.75) is 6.92 Å². The van der Waals surface area contributed by atoms with Crippen LogP contribution in [0.2, 0.25) is 10.0 Å². The summed E-state index contributed by atoms with van der Waals surface area (Å²) in [5, 5.41) is 0.833. The molecule has 0 unspecified atom stereocenters. The number of carbonyl (C=O) groups is 2. The molecule has 0 saturated carbocycles. The highest BCUT2D eigenvalue weighted by molar-refractivity contribution is 6.47. The zero-order valence-corrected chi connectivity index (χ0v) is 17.8. The second-order valence-electron chi connectivity index (χ2n) is 7.37. The molecule has 0 bridgehead atoms. The van der Waals surface area contributed by atoms with Crippen LogP contribution >= 0.6 is 23.2 Å². The molecule has 29 heavy (non-hydrogen) atoms. The molecule has 7 heteroatoms. The van der Waals surface area contributed by atoms with Crippen LogP contribution in [0.15, 0.2) is 48.2 Å². The summed E-state index contributed by atoms with van der Waals surface area (Å²) >= 11 is 12.5. The van der Waals surface area contributed by atoms with E-state index in [0.29, 0.717) is 45.7 Å². The molecule has 0 aromatic heterocycles. The van der Waals surface area contributed by atoms with Gasteiger partial charge in [0.2, 0.25) is 0 Å². The van der Waals surface area contributed by atoms with Gasteiger partial charge in [-0.15, -0.1) is 0 Å². The lowest BCUT2D eigenvalue weighted by Crippen LogP contribution is -2.46. The smallest absolute Gasteiger partial charge is 0.282 e. The van der Waals surface area contributed by atoms with Gasteiger partial charge in [-0.3, -0.25) is 9.59 Å². The summed E-state index contributed by atoms with van der Waals surface area (Å²) in [5.41, 5.74) is 2.73. The summed E-state index contributed by atoms with van der Waals surface area (Å²) in [7, 11) is 2.05. The molecule has 0 N–H and O–H groups in total. The third-order valence-corrected chi connectivity index (χ3v) is 5.98. The van der Waals surface area contributed by atoms with E-state index in [2.05, 4.69) is 4.90 Å². The number of anilines is 1. The van der Waals surface area contributed by atoms with Crippen LogP contribution in [0.4, 0.5) is 5.69 Å². The lowest BCUT2D eigenvalue weighted by atomic mass is 10.0. The van der Waals surface area contributed by atoms with E-state index in [9.17, 15) is 9.59 Å². The van der Waals surface area contributed by atoms with Gasteiger partial charge in [0.15, 0.2) is 0 Å². The molecular formula is C22H21Cl2N3O2. The number of likely N-dealkylation sites (N-methyl/N-ethyl adjacent to an activating group) is 1. The molecule has 2 amide bonds. The van der Waals surface area contributed by atoms with Crippen LogP contribution in [-0.4, -0.2) is 54.8 Å². The summed E-state index contributed by atoms with van der Waals surface area (Å²) in [6.07, 6.45) is 0. The molecule has 150 valence electrons. The van der Waals surface area contributed by atoms with Gasteiger partial charge in [0.1, 0.15) is 5.70 Å². The molecule has 2 aliphatic rings. The van der Waals surface area contributed by atoms with Gasteiger partial charge in [0.25, 0.3) is 11.8 Å². The molecule has 4 rings (SSSR count). The Bertz CT molecular complexity index is 1030. The monoisotopic (exact) mass is 429 g/mol. The van der Waals surface area contributed by atoms with E-state index < -0.39 is 0 Å². The first-order valence-electron chi connectivity index (χ1n) is 9.46. The predicted molar refractivity (Wildman–Crippen MR) is 116 cm³/mol. The zero-order valence-electron chi connectivity index (χ0n) is 16.3. The van der Waals surface area contributed by atoms with E-state index in [0.717, 1.165) is 18.7 Å². The second-order valence-corrected chi connectivity index (χ2v) is 8.21. The number of para-hydroxylation sites is 1. The van der Waals surface area contributed by atoms with Crippen molar-refractivity contribution in [3.05, 3.63) is 69.3 Å². The maximum absolute atomic E-state index is 13.5. The quantitative estimate of drug-likeness (QED) is 0.695. The second kappa shape index (κ2) is 7.82. The molecule has 1 saturated heterocycles. The van der Waals surface area contributed by atoms with E-state index in [-0.39, 0.29) is 11.8 Å². The lowest BCUT2D eigenvalue weighted by Gasteiger charge is -2.34. The summed E-state index contributed by atoms with van der Waals surface area (Å²) < 4.78 is 0. The Labute approximate surface area is 180 Å². The summed E-state index contributed by atoms with van der Waals surface area (Å²) in [6, 6.07) is 12.4. The molecule has 1 fully saturated rings. The Kier molecular flexibility index (Phi) is 5.38. The molecule has 2 aliphatic heterocycles. The maximum Gasteiger partial charge on any atom is 0.282 e. The highest BCUT2D eigenvalue weighted by atomic mass is 35.5. The van der Waals surface area contributed by atoms with Crippen molar-refractivity contribution in [2.24, 2.45) is 0 Å². The zero-order chi connectivity index (χ0) is 20.7. The van der Waals surface area contributed by atoms with Crippen molar-refractivity contribution < 1.29 is 9.59 Å². The third-order valence-electron chi connectivity index (χ3n) is 5.44. The molecular weight excluding hydrogens is 409 g/mol. The molecule has 0 atom stereocenters. The van der Waals surface area contributed by atoms with E-state index in [1.165, 1.54) is 4.90 Å². The van der Waals surface area contributed by atoms with Gasteiger partial charge in [0, 0.05) is 36.8 Å². The number of amides is 2. The number of hydrogen-bond acceptors (Lipinski definition) is 4. The van der Waals surface area contributed by atoms with Crippen LogP contribution in [0.25, 0.3) is 5.57 Å². The molecule has 2 aromatic rings. The van der Waals surface area contributed by atoms with Crippen LogP contribution in [0, 0.1) is 6.92 Å². The van der Waals surface area contributed by atoms with Gasteiger partial charge in [-0.05, 0) is 37.7 Å². The molecule has 5 nitrogen and oxygen atoms in total. The number of nitrogens with zero attached hydrogens (tertiary/aromatic N) is 3. The fraction of sp³-hybridized carbons (Fsp3) is 0.273. The number of imide groups is 1. The van der Waals surface area contributed by atoms with Crippen LogP contribution in [0.1, 0.15) is 11.1 Å². The van der Waals surface area contributed by atoms with Crippen molar-refractivity contribution in [1.82, 2.24) is 9.80 Å². The summed E-state index contributed by atoms with van der Waals surface area (Å²) in [6.45, 7) is 4.86. The van der Waals surface area contributed by atoms with E-state index >= 15 is 0 Å². The Morgan fingerprint density at radius 3 is 2.24 bits per heavy atom. The first-order chi connectivity index (χ1) is 13.9. The van der Waals surface area contributed by atoms with Gasteiger partial charge in [0.05, 0.1) is 16.3 Å². The lowest BCUT2D eigenvalue weighted by molar-refractivity contribution is -0.120. The Morgan fingerprint density at radius 1 is 0.897 bits per heavy atom. The van der Waals surface area contributed by atoms with Crippen molar-refractivity contribution in [2.75, 3.05) is 38.1 Å². The van der Waals surface area contributed by atoms with Gasteiger partial charge in [-0.2, -0.15) is 0 Å². The fourth-order valence-corrected chi connectivity index (χ4v) is 4.31. The SMILES string of the molecule is Cc1ccccc1N1C(=O)C(c2ccc(Cl)cc2Cl)=C(N2CCN(C)CC2)C1=O. The minimum atomic E-state index is -0.359. The fourth-order valence-electron chi connectivity index (χ4n) is 3.81. The maximum atomic E-state index is 13.5. The Hall–Kier alpha value is -2.34. The minimum absolute atomic E-state index is 0.310. The Balaban J connectivity index is 1.86. The average molecular weight is 430 g/mol. The first kappa shape index (κ1) is 20.0. The topological polar surface area (TPSA) is 43.9 Å². The summed E-state index contributed by atoms with van der Waals surface area (Å²) in [5.74, 6) is -0.669. The average Bonchev–Trinajstić information content (AvgIpc) is 2.94. The van der Waals surface area contributed by atoms with Crippen LogP contribution in [-0.2, 0) is 9.59 Å². The third kappa shape index (κ3) is 3.54. The first-order valence-corrected chi connectivity index (χ1v) is 10.2. The van der Waals surface area contributed by atoms with E-state index in [1.54, 1.807) is 24.3 Å². The minimum Gasteiger partial charge on any atom is -0.364 e. The number of piperazine rings is 1. The number of aryl methyl sites for hydroxylation is 1. The largest absolute Gasteiger partial charge is 0.364 e. The Morgan fingerprint density at radius 2 is 1.59 bits per heavy atom. The number of hydrogen-bond donors (Lipinski definition) is 0. The van der Waals surface area contributed by atoms with Gasteiger partial charge in [-0.1, -0.05) is 47.5 Å². The number of rotatable bonds is 3. The van der Waals surface area contributed by atoms with Crippen molar-refractivity contribution in [3.8, 4) is 0 Å². The number of carbonyl (C=O) groups excluding carboxylic acids is 2. The summed E-state index contributed by atoms with van der Waals surface area (Å²) in [4.78, 5) is 32.5. The molecule has 2 aromatic carbocycles. The molecule has 0 aliphatic carbocycles. The molecule has 0 radical (unpaired) electrons. The predicted octanol–water partition coefficient (Wildman–Crippen LogP) is 3.83.